The van der Waals surface area contributed by atoms with Crippen molar-refractivity contribution < 1.29 is 23.9 Å². The van der Waals surface area contributed by atoms with Crippen molar-refractivity contribution in [1.82, 2.24) is 0 Å². The van der Waals surface area contributed by atoms with Gasteiger partial charge in [-0.05, 0) is 85.0 Å². The fourth-order valence-electron chi connectivity index (χ4n) is 6.70. The van der Waals surface area contributed by atoms with Gasteiger partial charge >= 0.3 is 5.97 Å². The van der Waals surface area contributed by atoms with Crippen molar-refractivity contribution in [1.29, 1.82) is 0 Å². The van der Waals surface area contributed by atoms with Crippen LogP contribution in [0, 0.1) is 30.6 Å². The molecule has 1 saturated heterocycles. The summed E-state index contributed by atoms with van der Waals surface area (Å²) in [5.41, 5.74) is 3.31. The van der Waals surface area contributed by atoms with Gasteiger partial charge in [0.15, 0.2) is 6.61 Å². The van der Waals surface area contributed by atoms with Gasteiger partial charge in [0, 0.05) is 10.2 Å². The maximum atomic E-state index is 13.6. The molecule has 198 valence electrons. The lowest BCUT2D eigenvalue weighted by Crippen LogP contribution is -2.33. The molecule has 3 fully saturated rings. The van der Waals surface area contributed by atoms with E-state index in [0.717, 1.165) is 22.9 Å². The number of halogens is 1. The molecule has 0 unspecified atom stereocenters. The Bertz CT molecular complexity index is 1490. The van der Waals surface area contributed by atoms with Crippen molar-refractivity contribution in [2.45, 2.75) is 25.7 Å². The SMILES string of the molecule is Cc1cc(NC(=O)COC(=O)c2cccc(N3C(=O)[C@@H]4[C@@H]5C[C@@H]([C@H]4C3=O)[C@@H](c3ccccc3)C5)c2)ccc1Br. The van der Waals surface area contributed by atoms with E-state index in [4.69, 9.17) is 4.74 Å². The number of imide groups is 1. The van der Waals surface area contributed by atoms with E-state index in [1.54, 1.807) is 30.3 Å². The summed E-state index contributed by atoms with van der Waals surface area (Å²) in [6.45, 7) is 1.44. The van der Waals surface area contributed by atoms with E-state index in [-0.39, 0.29) is 47.0 Å². The number of benzene rings is 3. The molecule has 5 atom stereocenters. The summed E-state index contributed by atoms with van der Waals surface area (Å²) in [7, 11) is 0. The number of esters is 1. The van der Waals surface area contributed by atoms with E-state index >= 15 is 0 Å². The number of carbonyl (C=O) groups is 4. The molecule has 0 aromatic heterocycles. The minimum absolute atomic E-state index is 0.144. The highest BCUT2D eigenvalue weighted by Gasteiger charge is 2.64. The van der Waals surface area contributed by atoms with Crippen LogP contribution in [0.15, 0.2) is 77.3 Å². The zero-order chi connectivity index (χ0) is 27.3. The fourth-order valence-corrected chi connectivity index (χ4v) is 6.95. The summed E-state index contributed by atoms with van der Waals surface area (Å²) in [6, 6.07) is 21.9. The third-order valence-corrected chi connectivity index (χ3v) is 9.25. The van der Waals surface area contributed by atoms with Gasteiger partial charge in [-0.1, -0.05) is 52.3 Å². The number of ether oxygens (including phenoxy) is 1. The number of hydrogen-bond acceptors (Lipinski definition) is 5. The fraction of sp³-hybridized carbons (Fsp3) is 0.290. The molecule has 8 heteroatoms. The molecule has 6 rings (SSSR count). The van der Waals surface area contributed by atoms with Gasteiger partial charge in [-0.15, -0.1) is 0 Å². The molecule has 0 radical (unpaired) electrons. The van der Waals surface area contributed by atoms with Crippen LogP contribution < -0.4 is 10.2 Å². The Morgan fingerprint density at radius 2 is 1.72 bits per heavy atom. The van der Waals surface area contributed by atoms with Crippen LogP contribution in [0.1, 0.15) is 40.2 Å². The van der Waals surface area contributed by atoms with Gasteiger partial charge < -0.3 is 10.1 Å². The number of amides is 3. The molecule has 3 aliphatic rings. The second kappa shape index (κ2) is 10.1. The molecule has 2 saturated carbocycles. The van der Waals surface area contributed by atoms with Crippen LogP contribution >= 0.6 is 15.9 Å². The van der Waals surface area contributed by atoms with Crippen molar-refractivity contribution in [2.24, 2.45) is 23.7 Å². The first-order valence-electron chi connectivity index (χ1n) is 13.1. The minimum atomic E-state index is -0.706. The number of fused-ring (bicyclic) bond motifs is 5. The summed E-state index contributed by atoms with van der Waals surface area (Å²) in [6.07, 6.45) is 1.81. The molecule has 2 aliphatic carbocycles. The number of carbonyl (C=O) groups excluding carboxylic acids is 4. The maximum Gasteiger partial charge on any atom is 0.338 e. The number of nitrogens with zero attached hydrogens (tertiary/aromatic N) is 1. The van der Waals surface area contributed by atoms with Gasteiger partial charge in [0.05, 0.1) is 23.1 Å². The Balaban J connectivity index is 1.13. The lowest BCUT2D eigenvalue weighted by atomic mass is 9.73. The molecule has 3 amide bonds. The average Bonchev–Trinajstić information content (AvgIpc) is 3.61. The zero-order valence-electron chi connectivity index (χ0n) is 21.3. The van der Waals surface area contributed by atoms with E-state index in [9.17, 15) is 19.2 Å². The van der Waals surface area contributed by atoms with Crippen LogP contribution in [0.3, 0.4) is 0 Å². The number of hydrogen-bond donors (Lipinski definition) is 1. The van der Waals surface area contributed by atoms with Crippen molar-refractivity contribution >= 4 is 51.0 Å². The standard InChI is InChI=1S/C31H27BrN2O5/c1-17-12-21(10-11-25(17)32)33-26(35)16-39-31(38)19-8-5-9-22(13-19)34-29(36)27-20-14-23(18-6-3-2-4-7-18)24(15-20)28(27)30(34)37/h2-13,20,23-24,27-28H,14-16H2,1H3,(H,33,35)/t20-,23+,24+,27+,28+/m0/s1. The quantitative estimate of drug-likeness (QED) is 0.305. The Labute approximate surface area is 234 Å². The highest BCUT2D eigenvalue weighted by atomic mass is 79.9. The lowest BCUT2D eigenvalue weighted by molar-refractivity contribution is -0.123. The van der Waals surface area contributed by atoms with Crippen molar-refractivity contribution in [3.63, 3.8) is 0 Å². The smallest absolute Gasteiger partial charge is 0.338 e. The second-order valence-corrected chi connectivity index (χ2v) is 11.5. The van der Waals surface area contributed by atoms with Gasteiger partial charge in [-0.2, -0.15) is 0 Å². The topological polar surface area (TPSA) is 92.8 Å². The van der Waals surface area contributed by atoms with Crippen LogP contribution in [0.4, 0.5) is 11.4 Å². The highest BCUT2D eigenvalue weighted by molar-refractivity contribution is 9.10. The third kappa shape index (κ3) is 4.56. The number of anilines is 2. The van der Waals surface area contributed by atoms with Gasteiger partial charge in [-0.25, -0.2) is 4.79 Å². The molecule has 1 N–H and O–H groups in total. The van der Waals surface area contributed by atoms with E-state index in [2.05, 4.69) is 33.4 Å². The van der Waals surface area contributed by atoms with Crippen molar-refractivity contribution in [3.8, 4) is 0 Å². The average molecular weight is 587 g/mol. The van der Waals surface area contributed by atoms with E-state index in [0.29, 0.717) is 11.4 Å². The second-order valence-electron chi connectivity index (χ2n) is 10.6. The molecule has 0 spiro atoms. The molecule has 39 heavy (non-hydrogen) atoms. The number of rotatable bonds is 6. The monoisotopic (exact) mass is 586 g/mol. The molecular formula is C31H27BrN2O5. The third-order valence-electron chi connectivity index (χ3n) is 8.36. The Morgan fingerprint density at radius 3 is 2.49 bits per heavy atom. The van der Waals surface area contributed by atoms with Gasteiger partial charge in [0.25, 0.3) is 5.91 Å². The van der Waals surface area contributed by atoms with Crippen molar-refractivity contribution in [2.75, 3.05) is 16.8 Å². The van der Waals surface area contributed by atoms with Crippen LogP contribution in [-0.2, 0) is 19.1 Å². The summed E-state index contributed by atoms with van der Waals surface area (Å²) in [5.74, 6) is -1.57. The van der Waals surface area contributed by atoms with Crippen molar-refractivity contribution in [3.05, 3.63) is 94.0 Å². The Kier molecular flexibility index (Phi) is 6.59. The van der Waals surface area contributed by atoms with Crippen LogP contribution in [0.5, 0.6) is 0 Å². The summed E-state index contributed by atoms with van der Waals surface area (Å²) in [5, 5.41) is 2.70. The van der Waals surface area contributed by atoms with Gasteiger partial charge in [0.2, 0.25) is 11.8 Å². The van der Waals surface area contributed by atoms with E-state index in [1.165, 1.54) is 16.5 Å². The van der Waals surface area contributed by atoms with Crippen LogP contribution in [0.2, 0.25) is 0 Å². The van der Waals surface area contributed by atoms with E-state index in [1.807, 2.05) is 31.2 Å². The first-order valence-corrected chi connectivity index (χ1v) is 13.9. The normalized spacial score (nSPS) is 25.1. The minimum Gasteiger partial charge on any atom is -0.452 e. The predicted molar refractivity (Wildman–Crippen MR) is 149 cm³/mol. The van der Waals surface area contributed by atoms with Crippen LogP contribution in [0.25, 0.3) is 0 Å². The van der Waals surface area contributed by atoms with Gasteiger partial charge in [-0.3, -0.25) is 19.3 Å². The molecule has 3 aromatic rings. The summed E-state index contributed by atoms with van der Waals surface area (Å²) < 4.78 is 6.15. The predicted octanol–water partition coefficient (Wildman–Crippen LogP) is 5.48. The molecule has 3 aromatic carbocycles. The molecule has 1 heterocycles. The molecule has 7 nitrogen and oxygen atoms in total. The molecule has 1 aliphatic heterocycles. The Morgan fingerprint density at radius 1 is 0.949 bits per heavy atom. The highest BCUT2D eigenvalue weighted by Crippen LogP contribution is 2.61. The Hall–Kier alpha value is -3.78. The van der Waals surface area contributed by atoms with E-state index < -0.39 is 18.5 Å². The summed E-state index contributed by atoms with van der Waals surface area (Å²) in [4.78, 5) is 53.4. The first kappa shape index (κ1) is 25.5. The largest absolute Gasteiger partial charge is 0.452 e. The maximum absolute atomic E-state index is 13.6. The first-order chi connectivity index (χ1) is 18.8. The van der Waals surface area contributed by atoms with Crippen LogP contribution in [-0.4, -0.2) is 30.3 Å². The number of aryl methyl sites for hydroxylation is 1. The molecular weight excluding hydrogens is 560 g/mol. The molecule has 2 bridgehead atoms. The zero-order valence-corrected chi connectivity index (χ0v) is 22.9. The lowest BCUT2D eigenvalue weighted by Gasteiger charge is -2.28. The number of nitrogens with one attached hydrogen (secondary N) is 1. The van der Waals surface area contributed by atoms with Gasteiger partial charge in [0.1, 0.15) is 0 Å². The summed E-state index contributed by atoms with van der Waals surface area (Å²) >= 11 is 3.42.